The van der Waals surface area contributed by atoms with E-state index in [-0.39, 0.29) is 12.2 Å². The fraction of sp³-hybridized carbons (Fsp3) is 0.280. The highest BCUT2D eigenvalue weighted by atomic mass is 16.5. The molecule has 0 radical (unpaired) electrons. The van der Waals surface area contributed by atoms with Crippen LogP contribution in [0.1, 0.15) is 41.2 Å². The number of pyridine rings is 2. The maximum atomic E-state index is 12.8. The lowest BCUT2D eigenvalue weighted by atomic mass is 10.1. The molecule has 0 unspecified atom stereocenters. The van der Waals surface area contributed by atoms with Crippen LogP contribution in [0.5, 0.6) is 17.2 Å². The average molecular weight is 431 g/mol. The van der Waals surface area contributed by atoms with Crippen LogP contribution in [-0.2, 0) is 13.0 Å². The van der Waals surface area contributed by atoms with Crippen molar-refractivity contribution in [3.8, 4) is 17.2 Å². The molecule has 0 spiro atoms. The summed E-state index contributed by atoms with van der Waals surface area (Å²) in [5, 5.41) is 5.29. The van der Waals surface area contributed by atoms with E-state index in [4.69, 9.17) is 9.47 Å². The third kappa shape index (κ3) is 4.46. The quantitative estimate of drug-likeness (QED) is 0.363. The number of ether oxygens (including phenoxy) is 2. The van der Waals surface area contributed by atoms with Crippen molar-refractivity contribution in [1.29, 1.82) is 0 Å². The number of carbonyl (C=O) groups excluding carboxylic acids is 1. The third-order valence-electron chi connectivity index (χ3n) is 5.30. The zero-order valence-electron chi connectivity index (χ0n) is 18.8. The maximum Gasteiger partial charge on any atom is 0.192 e. The van der Waals surface area contributed by atoms with Gasteiger partial charge in [-0.1, -0.05) is 0 Å². The number of rotatable bonds is 8. The first-order valence-electron chi connectivity index (χ1n) is 10.7. The lowest BCUT2D eigenvalue weighted by Crippen LogP contribution is -2.09. The minimum absolute atomic E-state index is 0.132. The van der Waals surface area contributed by atoms with E-state index in [1.165, 1.54) is 11.1 Å². The summed E-state index contributed by atoms with van der Waals surface area (Å²) in [4.78, 5) is 21.6. The normalized spacial score (nSPS) is 11.0. The molecule has 32 heavy (non-hydrogen) atoms. The van der Waals surface area contributed by atoms with Gasteiger partial charge in [-0.15, -0.1) is 0 Å². The Morgan fingerprint density at radius 3 is 2.56 bits per heavy atom. The lowest BCUT2D eigenvalue weighted by molar-refractivity contribution is 0.0982. The van der Waals surface area contributed by atoms with Gasteiger partial charge in [0.15, 0.2) is 17.2 Å². The van der Waals surface area contributed by atoms with Crippen LogP contribution in [0.15, 0.2) is 48.9 Å². The van der Waals surface area contributed by atoms with Crippen LogP contribution in [0.2, 0.25) is 0 Å². The van der Waals surface area contributed by atoms with E-state index in [0.717, 1.165) is 16.7 Å². The Morgan fingerprint density at radius 2 is 1.84 bits per heavy atom. The largest absolute Gasteiger partial charge is 0.490 e. The van der Waals surface area contributed by atoms with E-state index in [2.05, 4.69) is 41.0 Å². The van der Waals surface area contributed by atoms with Gasteiger partial charge in [0.05, 0.1) is 30.9 Å². The molecule has 0 N–H and O–H groups in total. The number of hydrogen-bond donors (Lipinski definition) is 0. The standard InChI is InChI=1S/C25H26N4O3/c1-5-29-15-24(31-6-2)25(28-29)22(30)13-18-7-8-19(14-27-18)32-23-9-10-26-21-12-17(4)16(3)11-20(21)23/h7-12,14-15H,5-6,13H2,1-4H3. The number of hydrogen-bond acceptors (Lipinski definition) is 6. The van der Waals surface area contributed by atoms with E-state index in [1.807, 2.05) is 26.0 Å². The van der Waals surface area contributed by atoms with Gasteiger partial charge in [-0.2, -0.15) is 5.10 Å². The highest BCUT2D eigenvalue weighted by Crippen LogP contribution is 2.30. The van der Waals surface area contributed by atoms with Crippen LogP contribution in [0.3, 0.4) is 0 Å². The number of carbonyl (C=O) groups is 1. The summed E-state index contributed by atoms with van der Waals surface area (Å²) >= 11 is 0. The Balaban J connectivity index is 1.51. The van der Waals surface area contributed by atoms with E-state index >= 15 is 0 Å². The SMILES string of the molecule is CCOc1cn(CC)nc1C(=O)Cc1ccc(Oc2ccnc3cc(C)c(C)cc23)cn1. The minimum atomic E-state index is -0.132. The smallest absolute Gasteiger partial charge is 0.192 e. The van der Waals surface area contributed by atoms with Crippen molar-refractivity contribution in [3.05, 3.63) is 71.4 Å². The van der Waals surface area contributed by atoms with Gasteiger partial charge in [-0.05, 0) is 69.2 Å². The van der Waals surface area contributed by atoms with Gasteiger partial charge in [0.1, 0.15) is 11.5 Å². The molecule has 4 rings (SSSR count). The van der Waals surface area contributed by atoms with Crippen molar-refractivity contribution in [2.24, 2.45) is 0 Å². The molecule has 0 fully saturated rings. The van der Waals surface area contributed by atoms with Gasteiger partial charge in [-0.3, -0.25) is 19.4 Å². The highest BCUT2D eigenvalue weighted by molar-refractivity contribution is 5.97. The van der Waals surface area contributed by atoms with E-state index in [1.54, 1.807) is 29.3 Å². The van der Waals surface area contributed by atoms with Crippen LogP contribution in [0.4, 0.5) is 0 Å². The zero-order valence-corrected chi connectivity index (χ0v) is 18.8. The molecule has 0 aliphatic heterocycles. The molecule has 7 nitrogen and oxygen atoms in total. The topological polar surface area (TPSA) is 79.1 Å². The molecule has 3 heterocycles. The van der Waals surface area contributed by atoms with Crippen LogP contribution >= 0.6 is 0 Å². The van der Waals surface area contributed by atoms with Crippen LogP contribution < -0.4 is 9.47 Å². The molecule has 0 saturated heterocycles. The lowest BCUT2D eigenvalue weighted by Gasteiger charge is -2.10. The van der Waals surface area contributed by atoms with Gasteiger partial charge >= 0.3 is 0 Å². The number of aryl methyl sites for hydroxylation is 3. The van der Waals surface area contributed by atoms with Crippen molar-refractivity contribution < 1.29 is 14.3 Å². The first kappa shape index (κ1) is 21.5. The summed E-state index contributed by atoms with van der Waals surface area (Å²) < 4.78 is 13.3. The summed E-state index contributed by atoms with van der Waals surface area (Å²) in [6, 6.07) is 9.59. The molecule has 0 aliphatic carbocycles. The van der Waals surface area contributed by atoms with E-state index < -0.39 is 0 Å². The van der Waals surface area contributed by atoms with E-state index in [9.17, 15) is 4.79 Å². The van der Waals surface area contributed by atoms with Crippen molar-refractivity contribution >= 4 is 16.7 Å². The van der Waals surface area contributed by atoms with Gasteiger partial charge in [0.25, 0.3) is 0 Å². The Morgan fingerprint density at radius 1 is 1.03 bits per heavy atom. The highest BCUT2D eigenvalue weighted by Gasteiger charge is 2.19. The Bertz CT molecular complexity index is 1260. The first-order valence-corrected chi connectivity index (χ1v) is 10.7. The molecule has 0 aliphatic rings. The van der Waals surface area contributed by atoms with Crippen LogP contribution in [0, 0.1) is 13.8 Å². The Kier molecular flexibility index (Phi) is 6.16. The van der Waals surface area contributed by atoms with Crippen molar-refractivity contribution in [1.82, 2.24) is 19.7 Å². The van der Waals surface area contributed by atoms with E-state index in [0.29, 0.717) is 36.0 Å². The fourth-order valence-electron chi connectivity index (χ4n) is 3.44. The number of ketones is 1. The molecule has 4 aromatic rings. The molecule has 7 heteroatoms. The van der Waals surface area contributed by atoms with Crippen molar-refractivity contribution in [3.63, 3.8) is 0 Å². The van der Waals surface area contributed by atoms with Gasteiger partial charge in [0, 0.05) is 23.8 Å². The molecule has 0 saturated carbocycles. The minimum Gasteiger partial charge on any atom is -0.490 e. The molecule has 0 amide bonds. The number of nitrogens with zero attached hydrogens (tertiary/aromatic N) is 4. The second-order valence-electron chi connectivity index (χ2n) is 7.58. The summed E-state index contributed by atoms with van der Waals surface area (Å²) in [6.07, 6.45) is 5.25. The summed E-state index contributed by atoms with van der Waals surface area (Å²) in [5.74, 6) is 1.69. The maximum absolute atomic E-state index is 12.8. The Labute approximate surface area is 187 Å². The molecule has 164 valence electrons. The van der Waals surface area contributed by atoms with Crippen LogP contribution in [0.25, 0.3) is 10.9 Å². The summed E-state index contributed by atoms with van der Waals surface area (Å²) in [7, 11) is 0. The summed E-state index contributed by atoms with van der Waals surface area (Å²) in [5.41, 5.74) is 4.23. The average Bonchev–Trinajstić information content (AvgIpc) is 3.20. The molecule has 3 aromatic heterocycles. The first-order chi connectivity index (χ1) is 15.5. The molecule has 1 aromatic carbocycles. The number of fused-ring (bicyclic) bond motifs is 1. The Hall–Kier alpha value is -3.74. The number of Topliss-reactive ketones (excluding diaryl/α,β-unsaturated/α-hetero) is 1. The van der Waals surface area contributed by atoms with Crippen LogP contribution in [-0.4, -0.2) is 32.1 Å². The second kappa shape index (κ2) is 9.18. The predicted octanol–water partition coefficient (Wildman–Crippen LogP) is 5.08. The molecule has 0 bridgehead atoms. The number of benzene rings is 1. The van der Waals surface area contributed by atoms with Gasteiger partial charge in [-0.25, -0.2) is 0 Å². The third-order valence-corrected chi connectivity index (χ3v) is 5.30. The summed E-state index contributed by atoms with van der Waals surface area (Å²) in [6.45, 7) is 9.12. The fourth-order valence-corrected chi connectivity index (χ4v) is 3.44. The van der Waals surface area contributed by atoms with Gasteiger partial charge < -0.3 is 9.47 Å². The molecule has 0 atom stereocenters. The predicted molar refractivity (Wildman–Crippen MR) is 123 cm³/mol. The number of aromatic nitrogens is 4. The second-order valence-corrected chi connectivity index (χ2v) is 7.58. The molecular weight excluding hydrogens is 404 g/mol. The monoisotopic (exact) mass is 430 g/mol. The zero-order chi connectivity index (χ0) is 22.7. The van der Waals surface area contributed by atoms with Crippen molar-refractivity contribution in [2.75, 3.05) is 6.61 Å². The molecular formula is C25H26N4O3. The van der Waals surface area contributed by atoms with Gasteiger partial charge in [0.2, 0.25) is 0 Å². The van der Waals surface area contributed by atoms with Crippen molar-refractivity contribution in [2.45, 2.75) is 40.7 Å².